The minimum Gasteiger partial charge on any atom is -0.480 e. The van der Waals surface area contributed by atoms with Crippen LogP contribution in [0.5, 0.6) is 0 Å². The van der Waals surface area contributed by atoms with E-state index >= 15 is 0 Å². The van der Waals surface area contributed by atoms with Crippen LogP contribution in [0.15, 0.2) is 0 Å². The number of carbonyl (C=O) groups excluding carboxylic acids is 1. The van der Waals surface area contributed by atoms with Crippen molar-refractivity contribution in [3.8, 4) is 0 Å². The maximum atomic E-state index is 12.5. The lowest BCUT2D eigenvalue weighted by Gasteiger charge is -2.34. The molecule has 5 heteroatoms. The number of rotatable bonds is 4. The van der Waals surface area contributed by atoms with Crippen molar-refractivity contribution in [3.05, 3.63) is 0 Å². The molecule has 0 aromatic rings. The first-order valence-electron chi connectivity index (χ1n) is 7.07. The number of likely N-dealkylation sites (tertiary alicyclic amines) is 1. The molecule has 2 saturated carbocycles. The Morgan fingerprint density at radius 1 is 1.26 bits per heavy atom. The zero-order chi connectivity index (χ0) is 13.9. The molecule has 3 rings (SSSR count). The smallest absolute Gasteiger partial charge is 0.326 e. The molecule has 0 aromatic carbocycles. The minimum absolute atomic E-state index is 0.0539. The van der Waals surface area contributed by atoms with E-state index in [0.29, 0.717) is 18.3 Å². The van der Waals surface area contributed by atoms with Crippen molar-refractivity contribution in [1.82, 2.24) is 4.90 Å². The van der Waals surface area contributed by atoms with Gasteiger partial charge in [0.2, 0.25) is 0 Å². The molecule has 0 spiro atoms. The summed E-state index contributed by atoms with van der Waals surface area (Å²) in [5, 5.41) is 19.6. The number of nitrogens with zero attached hydrogens (tertiary/aromatic N) is 1. The molecule has 3 fully saturated rings. The van der Waals surface area contributed by atoms with Crippen molar-refractivity contribution < 1.29 is 19.8 Å². The molecule has 3 aliphatic rings. The summed E-state index contributed by atoms with van der Waals surface area (Å²) in [5.41, 5.74) is -0.451. The van der Waals surface area contributed by atoms with Gasteiger partial charge in [0, 0.05) is 11.5 Å². The van der Waals surface area contributed by atoms with Crippen molar-refractivity contribution in [1.29, 1.82) is 0 Å². The Hall–Kier alpha value is -1.10. The maximum Gasteiger partial charge on any atom is 0.326 e. The number of hydrogen-bond acceptors (Lipinski definition) is 3. The summed E-state index contributed by atoms with van der Waals surface area (Å²) in [6, 6.07) is -0.681. The summed E-state index contributed by atoms with van der Waals surface area (Å²) in [4.78, 5) is 25.2. The second-order valence-corrected chi connectivity index (χ2v) is 6.90. The molecule has 0 bridgehead atoms. The maximum absolute atomic E-state index is 12.5. The van der Waals surface area contributed by atoms with Gasteiger partial charge in [-0.3, -0.25) is 4.79 Å². The number of hydrogen-bond donors (Lipinski definition) is 2. The average Bonchev–Trinajstić information content (AvgIpc) is 3.24. The van der Waals surface area contributed by atoms with Gasteiger partial charge in [0.1, 0.15) is 12.1 Å². The molecule has 1 amide bonds. The molecule has 106 valence electrons. The minimum atomic E-state index is -1.08. The van der Waals surface area contributed by atoms with Gasteiger partial charge in [-0.15, -0.1) is 0 Å². The van der Waals surface area contributed by atoms with Crippen LogP contribution < -0.4 is 0 Å². The fourth-order valence-corrected chi connectivity index (χ4v) is 3.50. The van der Waals surface area contributed by atoms with Crippen LogP contribution >= 0.6 is 0 Å². The number of aliphatic hydroxyl groups excluding tert-OH is 1. The third kappa shape index (κ3) is 1.95. The molecule has 1 heterocycles. The molecule has 0 radical (unpaired) electrons. The topological polar surface area (TPSA) is 77.8 Å². The van der Waals surface area contributed by atoms with Gasteiger partial charge < -0.3 is 15.1 Å². The van der Waals surface area contributed by atoms with Gasteiger partial charge in [-0.1, -0.05) is 13.8 Å². The summed E-state index contributed by atoms with van der Waals surface area (Å²) in [7, 11) is 0. The zero-order valence-corrected chi connectivity index (χ0v) is 11.4. The van der Waals surface area contributed by atoms with E-state index in [2.05, 4.69) is 0 Å². The van der Waals surface area contributed by atoms with Gasteiger partial charge >= 0.3 is 5.97 Å². The molecule has 0 aromatic heterocycles. The SMILES string of the molecule is CC(C)(C1CC1)C(O)C(=O)N1[C@@H]2C[C@@H]2C[C@H]1C(=O)O. The normalized spacial score (nSPS) is 34.9. The highest BCUT2D eigenvalue weighted by Gasteiger charge is 2.58. The van der Waals surface area contributed by atoms with E-state index in [4.69, 9.17) is 0 Å². The molecule has 2 aliphatic carbocycles. The number of carboxylic acid groups (broad SMARTS) is 1. The number of amides is 1. The predicted octanol–water partition coefficient (Wildman–Crippen LogP) is 0.857. The highest BCUT2D eigenvalue weighted by atomic mass is 16.4. The van der Waals surface area contributed by atoms with Crippen LogP contribution in [0.4, 0.5) is 0 Å². The van der Waals surface area contributed by atoms with Gasteiger partial charge in [0.15, 0.2) is 0 Å². The molecule has 5 nitrogen and oxygen atoms in total. The van der Waals surface area contributed by atoms with Crippen LogP contribution in [0.2, 0.25) is 0 Å². The lowest BCUT2D eigenvalue weighted by atomic mass is 9.80. The lowest BCUT2D eigenvalue weighted by Crippen LogP contribution is -2.52. The number of aliphatic carboxylic acids is 1. The highest BCUT2D eigenvalue weighted by molar-refractivity contribution is 5.88. The van der Waals surface area contributed by atoms with E-state index in [1.165, 1.54) is 4.90 Å². The second kappa shape index (κ2) is 3.95. The molecule has 1 unspecified atom stereocenters. The number of piperidine rings is 1. The van der Waals surface area contributed by atoms with E-state index in [-0.39, 0.29) is 11.9 Å². The average molecular weight is 267 g/mol. The van der Waals surface area contributed by atoms with Crippen LogP contribution in [0, 0.1) is 17.3 Å². The Bertz CT molecular complexity index is 429. The van der Waals surface area contributed by atoms with Gasteiger partial charge in [-0.2, -0.15) is 0 Å². The summed E-state index contributed by atoms with van der Waals surface area (Å²) < 4.78 is 0. The Kier molecular flexibility index (Phi) is 2.68. The van der Waals surface area contributed by atoms with Gasteiger partial charge in [-0.05, 0) is 37.5 Å². The van der Waals surface area contributed by atoms with Crippen LogP contribution in [-0.4, -0.2) is 45.2 Å². The van der Waals surface area contributed by atoms with Gasteiger partial charge in [0.25, 0.3) is 5.91 Å². The quantitative estimate of drug-likeness (QED) is 0.792. The van der Waals surface area contributed by atoms with E-state index in [9.17, 15) is 19.8 Å². The summed E-state index contributed by atoms with van der Waals surface area (Å²) in [6.45, 7) is 3.81. The van der Waals surface area contributed by atoms with E-state index in [1.54, 1.807) is 0 Å². The van der Waals surface area contributed by atoms with E-state index in [1.807, 2.05) is 13.8 Å². The van der Waals surface area contributed by atoms with Crippen LogP contribution in [0.3, 0.4) is 0 Å². The zero-order valence-electron chi connectivity index (χ0n) is 11.4. The predicted molar refractivity (Wildman–Crippen MR) is 67.3 cm³/mol. The van der Waals surface area contributed by atoms with Crippen LogP contribution in [-0.2, 0) is 9.59 Å². The first-order valence-corrected chi connectivity index (χ1v) is 7.07. The Morgan fingerprint density at radius 2 is 1.89 bits per heavy atom. The number of carbonyl (C=O) groups is 2. The highest BCUT2D eigenvalue weighted by Crippen LogP contribution is 2.51. The van der Waals surface area contributed by atoms with Gasteiger partial charge in [-0.25, -0.2) is 4.79 Å². The van der Waals surface area contributed by atoms with Crippen molar-refractivity contribution in [2.75, 3.05) is 0 Å². The van der Waals surface area contributed by atoms with Crippen molar-refractivity contribution in [2.45, 2.75) is 57.7 Å². The monoisotopic (exact) mass is 267 g/mol. The van der Waals surface area contributed by atoms with Crippen molar-refractivity contribution in [2.24, 2.45) is 17.3 Å². The van der Waals surface area contributed by atoms with Crippen molar-refractivity contribution >= 4 is 11.9 Å². The fraction of sp³-hybridized carbons (Fsp3) is 0.857. The molecular weight excluding hydrogens is 246 g/mol. The lowest BCUT2D eigenvalue weighted by molar-refractivity contribution is -0.157. The molecule has 1 saturated heterocycles. The van der Waals surface area contributed by atoms with E-state index < -0.39 is 23.5 Å². The van der Waals surface area contributed by atoms with Gasteiger partial charge in [0.05, 0.1) is 0 Å². The third-order valence-corrected chi connectivity index (χ3v) is 5.21. The van der Waals surface area contributed by atoms with E-state index in [0.717, 1.165) is 19.3 Å². The largest absolute Gasteiger partial charge is 0.480 e. The number of carboxylic acids is 1. The summed E-state index contributed by atoms with van der Waals surface area (Å²) in [6.07, 6.45) is 2.45. The standard InChI is InChI=1S/C14H21NO4/c1-14(2,8-3-4-8)11(16)12(17)15-9-5-7(9)6-10(15)13(18)19/h7-11,16H,3-6H2,1-2H3,(H,18,19)/t7-,9-,10+,11?/m1/s1. The molecule has 1 aliphatic heterocycles. The summed E-state index contributed by atoms with van der Waals surface area (Å²) >= 11 is 0. The fourth-order valence-electron chi connectivity index (χ4n) is 3.50. The van der Waals surface area contributed by atoms with Crippen LogP contribution in [0.1, 0.15) is 39.5 Å². The van der Waals surface area contributed by atoms with Crippen LogP contribution in [0.25, 0.3) is 0 Å². The molecular formula is C14H21NO4. The Morgan fingerprint density at radius 3 is 2.42 bits per heavy atom. The Balaban J connectivity index is 1.77. The van der Waals surface area contributed by atoms with Crippen molar-refractivity contribution in [3.63, 3.8) is 0 Å². The molecule has 4 atom stereocenters. The third-order valence-electron chi connectivity index (χ3n) is 5.21. The Labute approximate surface area is 112 Å². The second-order valence-electron chi connectivity index (χ2n) is 6.90. The molecule has 2 N–H and O–H groups in total. The first kappa shape index (κ1) is 12.9. The number of aliphatic hydroxyl groups is 1. The number of fused-ring (bicyclic) bond motifs is 1. The molecule has 19 heavy (non-hydrogen) atoms. The first-order chi connectivity index (χ1) is 8.84. The summed E-state index contributed by atoms with van der Waals surface area (Å²) in [5.74, 6) is -0.611.